The number of ether oxygens (including phenoxy) is 1. The summed E-state index contributed by atoms with van der Waals surface area (Å²) >= 11 is 0. The van der Waals surface area contributed by atoms with E-state index >= 15 is 0 Å². The second-order valence-corrected chi connectivity index (χ2v) is 8.72. The second kappa shape index (κ2) is 8.17. The minimum absolute atomic E-state index is 0.119. The monoisotopic (exact) mass is 389 g/mol. The van der Waals surface area contributed by atoms with E-state index in [1.54, 1.807) is 24.4 Å². The molecule has 1 aliphatic rings. The number of anilines is 2. The highest BCUT2D eigenvalue weighted by Gasteiger charge is 2.21. The molecule has 146 valence electrons. The van der Waals surface area contributed by atoms with Crippen LogP contribution in [0.1, 0.15) is 37.7 Å². The maximum Gasteiger partial charge on any atom is 0.265 e. The molecule has 1 aromatic heterocycles. The molecule has 27 heavy (non-hydrogen) atoms. The van der Waals surface area contributed by atoms with Gasteiger partial charge in [-0.25, -0.2) is 13.4 Å². The van der Waals surface area contributed by atoms with Crippen LogP contribution in [-0.2, 0) is 10.0 Å². The van der Waals surface area contributed by atoms with E-state index in [9.17, 15) is 8.42 Å². The Labute approximate surface area is 161 Å². The van der Waals surface area contributed by atoms with Gasteiger partial charge >= 0.3 is 0 Å². The van der Waals surface area contributed by atoms with Gasteiger partial charge < -0.3 is 9.64 Å². The molecule has 0 bridgehead atoms. The predicted molar refractivity (Wildman–Crippen MR) is 108 cm³/mol. The normalized spacial score (nSPS) is 15.4. The first-order valence-electron chi connectivity index (χ1n) is 9.27. The Hall–Kier alpha value is -2.28. The van der Waals surface area contributed by atoms with Crippen molar-refractivity contribution in [2.45, 2.75) is 50.0 Å². The fourth-order valence-electron chi connectivity index (χ4n) is 3.51. The molecule has 1 saturated carbocycles. The van der Waals surface area contributed by atoms with E-state index in [1.807, 2.05) is 19.1 Å². The maximum absolute atomic E-state index is 12.8. The average Bonchev–Trinajstić information content (AvgIpc) is 2.68. The first kappa shape index (κ1) is 19.5. The van der Waals surface area contributed by atoms with Crippen LogP contribution in [-0.4, -0.2) is 33.6 Å². The van der Waals surface area contributed by atoms with Gasteiger partial charge in [-0.05, 0) is 49.6 Å². The minimum Gasteiger partial charge on any atom is -0.495 e. The lowest BCUT2D eigenvalue weighted by atomic mass is 9.94. The Morgan fingerprint density at radius 1 is 1.15 bits per heavy atom. The van der Waals surface area contributed by atoms with E-state index in [2.05, 4.69) is 21.7 Å². The highest BCUT2D eigenvalue weighted by atomic mass is 32.2. The molecule has 0 spiro atoms. The Morgan fingerprint density at radius 2 is 1.89 bits per heavy atom. The van der Waals surface area contributed by atoms with Crippen LogP contribution in [0.5, 0.6) is 5.75 Å². The van der Waals surface area contributed by atoms with Crippen molar-refractivity contribution < 1.29 is 13.2 Å². The summed E-state index contributed by atoms with van der Waals surface area (Å²) in [6, 6.07) is 9.19. The Balaban J connectivity index is 1.77. The number of nitrogens with zero attached hydrogens (tertiary/aromatic N) is 2. The number of rotatable bonds is 6. The van der Waals surface area contributed by atoms with Crippen molar-refractivity contribution in [2.75, 3.05) is 23.8 Å². The van der Waals surface area contributed by atoms with Gasteiger partial charge in [0.2, 0.25) is 0 Å². The average molecular weight is 390 g/mol. The number of benzene rings is 1. The SMILES string of the molecule is COc1ccc(C)cc1S(=O)(=O)Nc1ccc(N(C)C2CCCCC2)nc1. The van der Waals surface area contributed by atoms with Gasteiger partial charge in [-0.3, -0.25) is 4.72 Å². The molecule has 0 saturated heterocycles. The van der Waals surface area contributed by atoms with Gasteiger partial charge in [0, 0.05) is 13.1 Å². The molecule has 0 aliphatic heterocycles. The highest BCUT2D eigenvalue weighted by Crippen LogP contribution is 2.28. The first-order valence-corrected chi connectivity index (χ1v) is 10.8. The molecule has 0 radical (unpaired) electrons. The fraction of sp³-hybridized carbons (Fsp3) is 0.450. The van der Waals surface area contributed by atoms with E-state index < -0.39 is 10.0 Å². The van der Waals surface area contributed by atoms with Gasteiger partial charge in [-0.2, -0.15) is 0 Å². The molecule has 1 aliphatic carbocycles. The zero-order valence-corrected chi connectivity index (χ0v) is 16.9. The molecule has 7 heteroatoms. The minimum atomic E-state index is -3.76. The predicted octanol–water partition coefficient (Wildman–Crippen LogP) is 3.97. The van der Waals surface area contributed by atoms with Crippen molar-refractivity contribution in [1.29, 1.82) is 0 Å². The van der Waals surface area contributed by atoms with E-state index in [0.717, 1.165) is 11.4 Å². The topological polar surface area (TPSA) is 71.5 Å². The van der Waals surface area contributed by atoms with Crippen molar-refractivity contribution in [3.63, 3.8) is 0 Å². The standard InChI is InChI=1S/C20H27N3O3S/c1-15-9-11-18(26-3)19(13-15)27(24,25)22-16-10-12-20(21-14-16)23(2)17-7-5-4-6-8-17/h9-14,17,22H,4-8H2,1-3H3. The summed E-state index contributed by atoms with van der Waals surface area (Å²) in [6.07, 6.45) is 7.74. The van der Waals surface area contributed by atoms with Crippen LogP contribution in [0.25, 0.3) is 0 Å². The Kier molecular flexibility index (Phi) is 5.89. The van der Waals surface area contributed by atoms with Gasteiger partial charge in [0.25, 0.3) is 10.0 Å². The number of methoxy groups -OCH3 is 1. The molecule has 0 atom stereocenters. The van der Waals surface area contributed by atoms with Gasteiger partial charge in [-0.15, -0.1) is 0 Å². The third-order valence-corrected chi connectivity index (χ3v) is 6.50. The van der Waals surface area contributed by atoms with Gasteiger partial charge in [0.15, 0.2) is 0 Å². The summed E-state index contributed by atoms with van der Waals surface area (Å²) in [4.78, 5) is 6.77. The summed E-state index contributed by atoms with van der Waals surface area (Å²) < 4.78 is 33.3. The summed E-state index contributed by atoms with van der Waals surface area (Å²) in [6.45, 7) is 1.84. The summed E-state index contributed by atoms with van der Waals surface area (Å²) in [5, 5.41) is 0. The molecular formula is C20H27N3O3S. The summed E-state index contributed by atoms with van der Waals surface area (Å²) in [5.41, 5.74) is 1.28. The third-order valence-electron chi connectivity index (χ3n) is 5.09. The van der Waals surface area contributed by atoms with Crippen LogP contribution >= 0.6 is 0 Å². The molecule has 0 unspecified atom stereocenters. The molecule has 3 rings (SSSR count). The number of pyridine rings is 1. The van der Waals surface area contributed by atoms with Gasteiger partial charge in [-0.1, -0.05) is 25.3 Å². The molecule has 1 N–H and O–H groups in total. The number of sulfonamides is 1. The van der Waals surface area contributed by atoms with Gasteiger partial charge in [0.05, 0.1) is 19.0 Å². The van der Waals surface area contributed by atoms with E-state index in [-0.39, 0.29) is 4.90 Å². The number of aromatic nitrogens is 1. The van der Waals surface area contributed by atoms with Gasteiger partial charge in [0.1, 0.15) is 16.5 Å². The second-order valence-electron chi connectivity index (χ2n) is 7.07. The summed E-state index contributed by atoms with van der Waals surface area (Å²) in [7, 11) is -0.246. The quantitative estimate of drug-likeness (QED) is 0.809. The lowest BCUT2D eigenvalue weighted by Gasteiger charge is -2.32. The zero-order valence-electron chi connectivity index (χ0n) is 16.1. The highest BCUT2D eigenvalue weighted by molar-refractivity contribution is 7.92. The van der Waals surface area contributed by atoms with E-state index in [0.29, 0.717) is 17.5 Å². The molecule has 6 nitrogen and oxygen atoms in total. The van der Waals surface area contributed by atoms with Crippen molar-refractivity contribution in [1.82, 2.24) is 4.98 Å². The molecular weight excluding hydrogens is 362 g/mol. The number of aryl methyl sites for hydroxylation is 1. The largest absolute Gasteiger partial charge is 0.495 e. The van der Waals surface area contributed by atoms with Crippen LogP contribution in [0.15, 0.2) is 41.4 Å². The number of hydrogen-bond donors (Lipinski definition) is 1. The summed E-state index contributed by atoms with van der Waals surface area (Å²) in [5.74, 6) is 1.17. The molecule has 0 amide bonds. The van der Waals surface area contributed by atoms with E-state index in [4.69, 9.17) is 4.74 Å². The fourth-order valence-corrected chi connectivity index (χ4v) is 4.81. The zero-order chi connectivity index (χ0) is 19.4. The Bertz CT molecular complexity index is 876. The molecule has 2 aromatic rings. The van der Waals surface area contributed by atoms with E-state index in [1.165, 1.54) is 39.2 Å². The van der Waals surface area contributed by atoms with Crippen molar-refractivity contribution in [3.8, 4) is 5.75 Å². The Morgan fingerprint density at radius 3 is 2.52 bits per heavy atom. The van der Waals surface area contributed by atoms with Crippen LogP contribution in [0.4, 0.5) is 11.5 Å². The van der Waals surface area contributed by atoms with Crippen LogP contribution in [0.3, 0.4) is 0 Å². The third kappa shape index (κ3) is 4.53. The number of nitrogens with one attached hydrogen (secondary N) is 1. The lowest BCUT2D eigenvalue weighted by molar-refractivity contribution is 0.402. The molecule has 1 heterocycles. The smallest absolute Gasteiger partial charge is 0.265 e. The lowest BCUT2D eigenvalue weighted by Crippen LogP contribution is -2.33. The van der Waals surface area contributed by atoms with Crippen molar-refractivity contribution in [2.24, 2.45) is 0 Å². The first-order chi connectivity index (χ1) is 12.9. The molecule has 1 aromatic carbocycles. The van der Waals surface area contributed by atoms with Crippen LogP contribution in [0.2, 0.25) is 0 Å². The maximum atomic E-state index is 12.8. The molecule has 1 fully saturated rings. The number of hydrogen-bond acceptors (Lipinski definition) is 5. The van der Waals surface area contributed by atoms with Crippen LogP contribution in [0, 0.1) is 6.92 Å². The van der Waals surface area contributed by atoms with Crippen molar-refractivity contribution in [3.05, 3.63) is 42.1 Å². The van der Waals surface area contributed by atoms with Crippen molar-refractivity contribution >= 4 is 21.5 Å². The van der Waals surface area contributed by atoms with Crippen LogP contribution < -0.4 is 14.4 Å².